The minimum absolute atomic E-state index is 0.130. The van der Waals surface area contributed by atoms with Crippen LogP contribution in [0.1, 0.15) is 15.9 Å². The van der Waals surface area contributed by atoms with Crippen LogP contribution in [0.4, 0.5) is 8.78 Å². The van der Waals surface area contributed by atoms with E-state index in [0.29, 0.717) is 11.1 Å². The molecule has 0 aliphatic heterocycles. The topological polar surface area (TPSA) is 94.0 Å². The van der Waals surface area contributed by atoms with Gasteiger partial charge in [0.2, 0.25) is 5.16 Å². The van der Waals surface area contributed by atoms with E-state index in [4.69, 9.17) is 0 Å². The number of halogens is 2. The molecule has 0 bridgehead atoms. The maximum Gasteiger partial charge on any atom is 0.256 e. The first-order valence-corrected chi connectivity index (χ1v) is 12.1. The Hall–Kier alpha value is -3.70. The molecule has 1 unspecified atom stereocenters. The SMILES string of the molecule is C=C(S)NC(=O)c1ccc(C)c(-c2nc(S(C)=O)nc3c2ccc(=O)n3-c2c(F)cccc2F)c1. The second-order valence-electron chi connectivity index (χ2n) is 7.55. The Kier molecular flexibility index (Phi) is 6.64. The van der Waals surface area contributed by atoms with Crippen molar-refractivity contribution in [1.82, 2.24) is 19.9 Å². The number of hydrogen-bond donors (Lipinski definition) is 2. The van der Waals surface area contributed by atoms with E-state index in [1.807, 2.05) is 0 Å². The Morgan fingerprint density at radius 1 is 1.11 bits per heavy atom. The Bertz CT molecular complexity index is 1600. The highest BCUT2D eigenvalue weighted by atomic mass is 32.2. The number of hydrogen-bond acceptors (Lipinski definition) is 6. The number of nitrogens with one attached hydrogen (secondary N) is 1. The first-order valence-electron chi connectivity index (χ1n) is 10.1. The van der Waals surface area contributed by atoms with Gasteiger partial charge in [-0.25, -0.2) is 18.7 Å². The smallest absolute Gasteiger partial charge is 0.256 e. The van der Waals surface area contributed by atoms with Crippen molar-refractivity contribution in [2.24, 2.45) is 0 Å². The summed E-state index contributed by atoms with van der Waals surface area (Å²) in [5, 5.41) is 2.77. The van der Waals surface area contributed by atoms with Gasteiger partial charge in [0.05, 0.1) is 21.5 Å². The van der Waals surface area contributed by atoms with Gasteiger partial charge in [0.25, 0.3) is 11.5 Å². The third-order valence-corrected chi connectivity index (χ3v) is 5.97. The highest BCUT2D eigenvalue weighted by molar-refractivity contribution is 7.84. The van der Waals surface area contributed by atoms with Crippen LogP contribution in [-0.2, 0) is 10.8 Å². The zero-order valence-corrected chi connectivity index (χ0v) is 20.2. The number of carbonyl (C=O) groups excluding carboxylic acids is 1. The lowest BCUT2D eigenvalue weighted by molar-refractivity contribution is 0.0969. The first kappa shape index (κ1) is 24.4. The Morgan fingerprint density at radius 3 is 2.43 bits per heavy atom. The number of nitrogens with zero attached hydrogens (tertiary/aromatic N) is 3. The summed E-state index contributed by atoms with van der Waals surface area (Å²) in [6.07, 6.45) is 1.34. The van der Waals surface area contributed by atoms with Crippen LogP contribution >= 0.6 is 12.6 Å². The van der Waals surface area contributed by atoms with Crippen LogP contribution < -0.4 is 10.9 Å². The number of para-hydroxylation sites is 1. The van der Waals surface area contributed by atoms with Gasteiger partial charge >= 0.3 is 0 Å². The molecule has 7 nitrogen and oxygen atoms in total. The fraction of sp³-hybridized carbons (Fsp3) is 0.0833. The Balaban J connectivity index is 2.10. The van der Waals surface area contributed by atoms with E-state index < -0.39 is 39.6 Å². The fourth-order valence-electron chi connectivity index (χ4n) is 3.57. The second-order valence-corrected chi connectivity index (χ2v) is 9.37. The average molecular weight is 513 g/mol. The number of aryl methyl sites for hydroxylation is 1. The maximum atomic E-state index is 14.7. The van der Waals surface area contributed by atoms with Crippen molar-refractivity contribution >= 4 is 40.4 Å². The largest absolute Gasteiger partial charge is 0.317 e. The van der Waals surface area contributed by atoms with Gasteiger partial charge in [-0.2, -0.15) is 0 Å². The number of aromatic nitrogens is 3. The molecule has 11 heteroatoms. The zero-order chi connectivity index (χ0) is 25.4. The molecule has 4 aromatic rings. The van der Waals surface area contributed by atoms with Crippen LogP contribution in [0.25, 0.3) is 28.0 Å². The molecule has 2 aromatic heterocycles. The molecule has 0 aliphatic rings. The third kappa shape index (κ3) is 4.64. The van der Waals surface area contributed by atoms with Gasteiger partial charge in [-0.1, -0.05) is 18.7 Å². The normalized spacial score (nSPS) is 11.9. The van der Waals surface area contributed by atoms with Crippen LogP contribution in [0, 0.1) is 18.6 Å². The molecular formula is C24H18F2N4O3S2. The summed E-state index contributed by atoms with van der Waals surface area (Å²) in [6.45, 7) is 5.31. The lowest BCUT2D eigenvalue weighted by Gasteiger charge is -2.15. The van der Waals surface area contributed by atoms with E-state index in [1.165, 1.54) is 18.4 Å². The number of amides is 1. The number of thiol groups is 1. The van der Waals surface area contributed by atoms with E-state index in [-0.39, 0.29) is 32.5 Å². The summed E-state index contributed by atoms with van der Waals surface area (Å²) in [4.78, 5) is 34.0. The maximum absolute atomic E-state index is 14.7. The van der Waals surface area contributed by atoms with Crippen LogP contribution in [0.2, 0.25) is 0 Å². The fourth-order valence-corrected chi connectivity index (χ4v) is 4.11. The van der Waals surface area contributed by atoms with E-state index in [2.05, 4.69) is 34.5 Å². The lowest BCUT2D eigenvalue weighted by Crippen LogP contribution is -2.22. The van der Waals surface area contributed by atoms with Crippen LogP contribution in [0.3, 0.4) is 0 Å². The number of carbonyl (C=O) groups is 1. The average Bonchev–Trinajstić information content (AvgIpc) is 2.79. The molecule has 1 atom stereocenters. The Morgan fingerprint density at radius 2 is 1.80 bits per heavy atom. The van der Waals surface area contributed by atoms with Crippen molar-refractivity contribution in [3.63, 3.8) is 0 Å². The van der Waals surface area contributed by atoms with Crippen molar-refractivity contribution in [3.05, 3.63) is 93.3 Å². The second kappa shape index (κ2) is 9.51. The highest BCUT2D eigenvalue weighted by Crippen LogP contribution is 2.31. The predicted octanol–water partition coefficient (Wildman–Crippen LogP) is 3.90. The van der Waals surface area contributed by atoms with Gasteiger partial charge < -0.3 is 5.32 Å². The molecule has 2 aromatic carbocycles. The molecule has 0 saturated heterocycles. The quantitative estimate of drug-likeness (QED) is 0.313. The number of pyridine rings is 1. The van der Waals surface area contributed by atoms with E-state index in [1.54, 1.807) is 25.1 Å². The third-order valence-electron chi connectivity index (χ3n) is 5.16. The molecule has 0 spiro atoms. The molecule has 0 fully saturated rings. The molecule has 2 heterocycles. The predicted molar refractivity (Wildman–Crippen MR) is 133 cm³/mol. The standard InChI is InChI=1S/C24H18F2N4O3S2/c1-12-7-8-14(23(32)27-13(2)34)11-16(12)20-15-9-10-19(31)30(21-17(25)5-4-6-18(21)26)22(15)29-24(28-20)35(3)33/h4-11,34H,2H2,1,3H3,(H,27,32). The van der Waals surface area contributed by atoms with Gasteiger partial charge in [0.15, 0.2) is 5.65 Å². The molecule has 0 saturated carbocycles. The minimum atomic E-state index is -1.71. The van der Waals surface area contributed by atoms with Crippen molar-refractivity contribution in [3.8, 4) is 16.9 Å². The van der Waals surface area contributed by atoms with Gasteiger partial charge in [-0.15, -0.1) is 12.6 Å². The van der Waals surface area contributed by atoms with Crippen LogP contribution in [0.15, 0.2) is 70.1 Å². The molecule has 0 radical (unpaired) electrons. The van der Waals surface area contributed by atoms with Gasteiger partial charge in [0, 0.05) is 28.8 Å². The summed E-state index contributed by atoms with van der Waals surface area (Å²) < 4.78 is 42.5. The first-order chi connectivity index (χ1) is 16.6. The van der Waals surface area contributed by atoms with Crippen molar-refractivity contribution in [2.45, 2.75) is 12.1 Å². The van der Waals surface area contributed by atoms with Crippen molar-refractivity contribution in [1.29, 1.82) is 0 Å². The van der Waals surface area contributed by atoms with E-state index in [0.717, 1.165) is 22.8 Å². The lowest BCUT2D eigenvalue weighted by atomic mass is 9.99. The Labute approximate surface area is 206 Å². The van der Waals surface area contributed by atoms with E-state index in [9.17, 15) is 22.6 Å². The van der Waals surface area contributed by atoms with Crippen molar-refractivity contribution < 1.29 is 17.8 Å². The summed E-state index contributed by atoms with van der Waals surface area (Å²) in [5.41, 5.74) is 0.195. The van der Waals surface area contributed by atoms with Gasteiger partial charge in [-0.3, -0.25) is 18.4 Å². The number of rotatable bonds is 5. The summed E-state index contributed by atoms with van der Waals surface area (Å²) in [5.74, 6) is -2.41. The molecular weight excluding hydrogens is 494 g/mol. The molecule has 0 aliphatic carbocycles. The van der Waals surface area contributed by atoms with Crippen molar-refractivity contribution in [2.75, 3.05) is 6.26 Å². The van der Waals surface area contributed by atoms with Gasteiger partial charge in [0.1, 0.15) is 17.3 Å². The minimum Gasteiger partial charge on any atom is -0.317 e. The summed E-state index contributed by atoms with van der Waals surface area (Å²) in [7, 11) is -1.71. The van der Waals surface area contributed by atoms with Crippen LogP contribution in [-0.4, -0.2) is 30.9 Å². The summed E-state index contributed by atoms with van der Waals surface area (Å²) >= 11 is 3.99. The monoisotopic (exact) mass is 512 g/mol. The van der Waals surface area contributed by atoms with E-state index >= 15 is 0 Å². The molecule has 4 rings (SSSR count). The van der Waals surface area contributed by atoms with Crippen LogP contribution in [0.5, 0.6) is 0 Å². The van der Waals surface area contributed by atoms with Gasteiger partial charge in [-0.05, 0) is 42.8 Å². The molecule has 35 heavy (non-hydrogen) atoms. The number of fused-ring (bicyclic) bond motifs is 1. The summed E-state index contributed by atoms with van der Waals surface area (Å²) in [6, 6.07) is 10.6. The molecule has 1 N–H and O–H groups in total. The highest BCUT2D eigenvalue weighted by Gasteiger charge is 2.21. The molecule has 178 valence electrons. The number of benzene rings is 2. The molecule has 1 amide bonds. The zero-order valence-electron chi connectivity index (χ0n) is 18.5.